The van der Waals surface area contributed by atoms with Gasteiger partial charge in [0.05, 0.1) is 10.6 Å². The molecule has 4 heteroatoms. The second kappa shape index (κ2) is 4.60. The van der Waals surface area contributed by atoms with E-state index in [-0.39, 0.29) is 11.5 Å². The van der Waals surface area contributed by atoms with Crippen molar-refractivity contribution in [3.63, 3.8) is 0 Å². The number of fused-ring (bicyclic) bond motifs is 1. The van der Waals surface area contributed by atoms with Crippen LogP contribution in [0.3, 0.4) is 0 Å². The van der Waals surface area contributed by atoms with Crippen molar-refractivity contribution in [3.05, 3.63) is 71.2 Å². The first-order valence-corrected chi connectivity index (χ1v) is 6.06. The molecule has 2 nitrogen and oxygen atoms in total. The Balaban J connectivity index is 1.95. The van der Waals surface area contributed by atoms with Crippen molar-refractivity contribution in [2.24, 2.45) is 0 Å². The van der Waals surface area contributed by atoms with E-state index in [0.29, 0.717) is 21.4 Å². The number of hydrogen-bond acceptors (Lipinski definition) is 2. The van der Waals surface area contributed by atoms with Crippen LogP contribution in [0, 0.1) is 31.6 Å². The smallest absolute Gasteiger partial charge is 0.231 e. The summed E-state index contributed by atoms with van der Waals surface area (Å²) in [7, 11) is 0. The third kappa shape index (κ3) is 2.04. The lowest BCUT2D eigenvalue weighted by Crippen LogP contribution is -2.01. The second-order valence-corrected chi connectivity index (χ2v) is 4.77. The lowest BCUT2D eigenvalue weighted by molar-refractivity contribution is 0.101. The number of allylic oxidation sites excluding steroid dienone is 2. The normalized spacial score (nSPS) is 21.4. The molecule has 1 heterocycles. The van der Waals surface area contributed by atoms with Crippen LogP contribution in [0.25, 0.3) is 0 Å². The number of benzene rings is 1. The molecule has 0 bridgehead atoms. The molecule has 1 aliphatic heterocycles. The maximum absolute atomic E-state index is 12.1. The van der Waals surface area contributed by atoms with Crippen molar-refractivity contribution in [1.82, 2.24) is 0 Å². The summed E-state index contributed by atoms with van der Waals surface area (Å²) in [5, 5.41) is 0.766. The van der Waals surface area contributed by atoms with Gasteiger partial charge < -0.3 is 4.74 Å². The van der Waals surface area contributed by atoms with Crippen LogP contribution in [0.2, 0.25) is 10.0 Å². The second-order valence-electron chi connectivity index (χ2n) is 3.92. The summed E-state index contributed by atoms with van der Waals surface area (Å²) in [5.74, 6) is 1.35. The van der Waals surface area contributed by atoms with E-state index in [2.05, 4.69) is 0 Å². The van der Waals surface area contributed by atoms with Crippen LogP contribution in [-0.2, 0) is 0 Å². The number of Topliss-reactive ketones (excluding diaryl/α,β-unsaturated/α-hetero) is 1. The molecule has 89 valence electrons. The minimum absolute atomic E-state index is 0.199. The van der Waals surface area contributed by atoms with E-state index < -0.39 is 0 Å². The van der Waals surface area contributed by atoms with Gasteiger partial charge in [-0.3, -0.25) is 4.79 Å². The van der Waals surface area contributed by atoms with Crippen molar-refractivity contribution in [1.29, 1.82) is 0 Å². The van der Waals surface area contributed by atoms with Crippen molar-refractivity contribution in [3.8, 4) is 5.75 Å². The Morgan fingerprint density at radius 2 is 1.83 bits per heavy atom. The molecule has 5 radical (unpaired) electrons. The first-order chi connectivity index (χ1) is 8.65. The van der Waals surface area contributed by atoms with Crippen molar-refractivity contribution in [2.75, 3.05) is 0 Å². The average molecular weight is 278 g/mol. The van der Waals surface area contributed by atoms with Gasteiger partial charge >= 0.3 is 0 Å². The van der Waals surface area contributed by atoms with Gasteiger partial charge in [0.15, 0.2) is 11.5 Å². The molecule has 1 aromatic rings. The molecule has 2 aliphatic rings. The van der Waals surface area contributed by atoms with Crippen LogP contribution in [0.1, 0.15) is 10.4 Å². The largest absolute Gasteiger partial charge is 0.451 e. The molecule has 0 spiro atoms. The third-order valence-electron chi connectivity index (χ3n) is 2.68. The third-order valence-corrected chi connectivity index (χ3v) is 3.17. The quantitative estimate of drug-likeness (QED) is 0.729. The maximum Gasteiger partial charge on any atom is 0.231 e. The van der Waals surface area contributed by atoms with Gasteiger partial charge in [-0.1, -0.05) is 23.2 Å². The van der Waals surface area contributed by atoms with E-state index >= 15 is 0 Å². The zero-order valence-electron chi connectivity index (χ0n) is 9.11. The minimum atomic E-state index is -0.199. The summed E-state index contributed by atoms with van der Waals surface area (Å²) in [4.78, 5) is 12.1. The lowest BCUT2D eigenvalue weighted by atomic mass is 10.0. The Kier molecular flexibility index (Phi) is 3.08. The van der Waals surface area contributed by atoms with Gasteiger partial charge in [0.1, 0.15) is 0 Å². The predicted octanol–water partition coefficient (Wildman–Crippen LogP) is 3.86. The van der Waals surface area contributed by atoms with E-state index in [1.165, 1.54) is 0 Å². The molecule has 1 aromatic carbocycles. The summed E-state index contributed by atoms with van der Waals surface area (Å²) >= 11 is 11.9. The Morgan fingerprint density at radius 3 is 2.56 bits per heavy atom. The molecule has 3 rings (SSSR count). The van der Waals surface area contributed by atoms with Crippen molar-refractivity contribution >= 4 is 29.0 Å². The van der Waals surface area contributed by atoms with Crippen LogP contribution in [0.5, 0.6) is 5.75 Å². The molecule has 1 aliphatic carbocycles. The van der Waals surface area contributed by atoms with E-state index in [9.17, 15) is 4.79 Å². The summed E-state index contributed by atoms with van der Waals surface area (Å²) < 4.78 is 5.50. The monoisotopic (exact) mass is 277 g/mol. The number of ether oxygens (including phenoxy) is 1. The predicted molar refractivity (Wildman–Crippen MR) is 69.9 cm³/mol. The highest BCUT2D eigenvalue weighted by Gasteiger charge is 2.31. The average Bonchev–Trinajstić information content (AvgIpc) is 2.91. The molecule has 0 saturated heterocycles. The molecule has 0 N–H and O–H groups in total. The zero-order chi connectivity index (χ0) is 12.7. The van der Waals surface area contributed by atoms with E-state index in [4.69, 9.17) is 27.9 Å². The van der Waals surface area contributed by atoms with Crippen LogP contribution < -0.4 is 4.74 Å². The highest BCUT2D eigenvalue weighted by Crippen LogP contribution is 2.40. The number of halogens is 2. The number of rotatable bonds is 1. The molecular formula is C14H7Cl2O2. The number of carbonyl (C=O) groups is 1. The summed E-state index contributed by atoms with van der Waals surface area (Å²) in [6.07, 6.45) is 9.25. The van der Waals surface area contributed by atoms with Gasteiger partial charge in [-0.15, -0.1) is 0 Å². The Hall–Kier alpha value is -0.990. The number of hydrogen-bond donors (Lipinski definition) is 0. The fraction of sp³-hybridized carbons (Fsp3) is 0. The SMILES string of the molecule is O=C1/C(=C/[C]2[CH][CH][CH][CH]2)Oc2c(Cl)cc(Cl)cc21. The van der Waals surface area contributed by atoms with E-state index in [0.717, 1.165) is 5.92 Å². The summed E-state index contributed by atoms with van der Waals surface area (Å²) in [5.41, 5.74) is 0.408. The van der Waals surface area contributed by atoms with Gasteiger partial charge in [0.2, 0.25) is 5.78 Å². The molecule has 1 fully saturated rings. The lowest BCUT2D eigenvalue weighted by Gasteiger charge is -2.03. The summed E-state index contributed by atoms with van der Waals surface area (Å²) in [6.45, 7) is 0. The molecular weight excluding hydrogens is 271 g/mol. The minimum Gasteiger partial charge on any atom is -0.451 e. The fourth-order valence-electron chi connectivity index (χ4n) is 1.85. The fourth-order valence-corrected chi connectivity index (χ4v) is 2.39. The molecule has 0 aromatic heterocycles. The van der Waals surface area contributed by atoms with Crippen molar-refractivity contribution in [2.45, 2.75) is 0 Å². The first-order valence-electron chi connectivity index (χ1n) is 5.30. The number of carbonyl (C=O) groups excluding carboxylic acids is 1. The Morgan fingerprint density at radius 1 is 1.11 bits per heavy atom. The number of ketones is 1. The van der Waals surface area contributed by atoms with Crippen LogP contribution in [0.15, 0.2) is 24.0 Å². The summed E-state index contributed by atoms with van der Waals surface area (Å²) in [6, 6.07) is 3.12. The molecule has 18 heavy (non-hydrogen) atoms. The van der Waals surface area contributed by atoms with Gasteiger partial charge in [-0.2, -0.15) is 0 Å². The molecule has 0 unspecified atom stereocenters. The van der Waals surface area contributed by atoms with Gasteiger partial charge in [-0.05, 0) is 43.9 Å². The Labute approximate surface area is 116 Å². The maximum atomic E-state index is 12.1. The standard InChI is InChI=1S/C14H7Cl2O2/c15-9-6-10-13(17)12(5-8-3-1-2-4-8)18-14(10)11(16)7-9/h1-7H/b12-5-. The van der Waals surface area contributed by atoms with E-state index in [1.807, 2.05) is 25.7 Å². The van der Waals surface area contributed by atoms with Crippen LogP contribution >= 0.6 is 23.2 Å². The highest BCUT2D eigenvalue weighted by atomic mass is 35.5. The van der Waals surface area contributed by atoms with Gasteiger partial charge in [-0.25, -0.2) is 0 Å². The zero-order valence-corrected chi connectivity index (χ0v) is 10.6. The Bertz CT molecular complexity index is 543. The first kappa shape index (κ1) is 12.1. The molecule has 0 atom stereocenters. The highest BCUT2D eigenvalue weighted by molar-refractivity contribution is 6.37. The molecule has 0 amide bonds. The van der Waals surface area contributed by atoms with Crippen molar-refractivity contribution < 1.29 is 9.53 Å². The van der Waals surface area contributed by atoms with Gasteiger partial charge in [0, 0.05) is 10.9 Å². The topological polar surface area (TPSA) is 26.3 Å². The molecule has 1 saturated carbocycles. The van der Waals surface area contributed by atoms with Crippen LogP contribution in [0.4, 0.5) is 0 Å². The van der Waals surface area contributed by atoms with E-state index in [1.54, 1.807) is 18.2 Å². The van der Waals surface area contributed by atoms with Gasteiger partial charge in [0.25, 0.3) is 0 Å². The van der Waals surface area contributed by atoms with Crippen LogP contribution in [-0.4, -0.2) is 5.78 Å².